The first-order valence-electron chi connectivity index (χ1n) is 8.00. The van der Waals surface area contributed by atoms with Crippen LogP contribution in [0.25, 0.3) is 10.2 Å². The molecule has 2 heterocycles. The van der Waals surface area contributed by atoms with E-state index in [2.05, 4.69) is 14.7 Å². The zero-order valence-corrected chi connectivity index (χ0v) is 16.1. The zero-order chi connectivity index (χ0) is 17.4. The molecule has 3 rings (SSSR count). The van der Waals surface area contributed by atoms with E-state index in [-0.39, 0.29) is 0 Å². The number of halogens is 1. The number of aromatic nitrogens is 2. The Bertz CT molecular complexity index is 641. The van der Waals surface area contributed by atoms with Gasteiger partial charge in [0.2, 0.25) is 0 Å². The number of nitrogens with zero attached hydrogens (tertiary/aromatic N) is 2. The van der Waals surface area contributed by atoms with Gasteiger partial charge in [0.25, 0.3) is 0 Å². The third-order valence-electron chi connectivity index (χ3n) is 3.53. The van der Waals surface area contributed by atoms with Crippen LogP contribution in [0.5, 0.6) is 0 Å². The van der Waals surface area contributed by atoms with Crippen LogP contribution in [0.2, 0.25) is 5.15 Å². The summed E-state index contributed by atoms with van der Waals surface area (Å²) in [6.07, 6.45) is 3.64. The van der Waals surface area contributed by atoms with E-state index in [1.807, 2.05) is 27.7 Å². The Labute approximate surface area is 147 Å². The molecule has 0 bridgehead atoms. The van der Waals surface area contributed by atoms with Gasteiger partial charge in [-0.05, 0) is 38.2 Å². The molecule has 1 aliphatic carbocycles. The van der Waals surface area contributed by atoms with Crippen molar-refractivity contribution in [1.29, 1.82) is 0 Å². The molecule has 0 spiro atoms. The van der Waals surface area contributed by atoms with Gasteiger partial charge in [0.1, 0.15) is 22.1 Å². The molecule has 0 aromatic carbocycles. The van der Waals surface area contributed by atoms with Gasteiger partial charge >= 0.3 is 0 Å². The Hall–Kier alpha value is -1.04. The first-order valence-corrected chi connectivity index (χ1v) is 9.19. The van der Waals surface area contributed by atoms with Crippen molar-refractivity contribution >= 4 is 39.4 Å². The molecular weight excluding hydrogens is 332 g/mol. The van der Waals surface area contributed by atoms with Gasteiger partial charge in [-0.25, -0.2) is 9.97 Å². The fourth-order valence-corrected chi connectivity index (χ4v) is 4.23. The standard InChI is InChI=1S/C12H11ClN2OS.C3H8O.C2H6/c1-6-14-11(13)10-9-7(4-5-16)2-3-8(9)17-12(10)15-6;1-3-4-2;1-2/h5,7H,2-4H2,1H3;3H2,1-2H3;1-2H3. The lowest BCUT2D eigenvalue weighted by Gasteiger charge is -2.07. The van der Waals surface area contributed by atoms with Gasteiger partial charge in [0.05, 0.1) is 5.39 Å². The van der Waals surface area contributed by atoms with Crippen molar-refractivity contribution in [1.82, 2.24) is 9.97 Å². The van der Waals surface area contributed by atoms with E-state index < -0.39 is 0 Å². The fraction of sp³-hybridized carbons (Fsp3) is 0.588. The molecule has 2 aromatic heterocycles. The predicted molar refractivity (Wildman–Crippen MR) is 97.8 cm³/mol. The number of methoxy groups -OCH3 is 1. The van der Waals surface area contributed by atoms with Crippen LogP contribution in [0.15, 0.2) is 0 Å². The van der Waals surface area contributed by atoms with E-state index in [0.29, 0.717) is 23.3 Å². The quantitative estimate of drug-likeness (QED) is 0.576. The van der Waals surface area contributed by atoms with Crippen LogP contribution >= 0.6 is 22.9 Å². The molecule has 23 heavy (non-hydrogen) atoms. The van der Waals surface area contributed by atoms with Crippen LogP contribution in [0.4, 0.5) is 0 Å². The largest absolute Gasteiger partial charge is 0.385 e. The van der Waals surface area contributed by atoms with Crippen molar-refractivity contribution < 1.29 is 9.53 Å². The Morgan fingerprint density at radius 2 is 2.04 bits per heavy atom. The van der Waals surface area contributed by atoms with Crippen LogP contribution in [0.3, 0.4) is 0 Å². The number of carbonyl (C=O) groups is 1. The average Bonchev–Trinajstić information content (AvgIpc) is 3.09. The molecule has 0 saturated heterocycles. The minimum atomic E-state index is 0.306. The number of hydrogen-bond acceptors (Lipinski definition) is 5. The first kappa shape index (κ1) is 20.0. The molecule has 0 amide bonds. The van der Waals surface area contributed by atoms with E-state index in [1.165, 1.54) is 10.4 Å². The van der Waals surface area contributed by atoms with E-state index >= 15 is 0 Å². The Balaban J connectivity index is 0.000000388. The van der Waals surface area contributed by atoms with Crippen molar-refractivity contribution in [3.8, 4) is 0 Å². The first-order chi connectivity index (χ1) is 11.1. The van der Waals surface area contributed by atoms with E-state index in [0.717, 1.165) is 36.0 Å². The highest BCUT2D eigenvalue weighted by molar-refractivity contribution is 7.19. The van der Waals surface area contributed by atoms with Crippen LogP contribution in [-0.2, 0) is 16.0 Å². The maximum atomic E-state index is 10.7. The molecule has 4 nitrogen and oxygen atoms in total. The molecule has 1 aliphatic rings. The molecule has 0 aliphatic heterocycles. The van der Waals surface area contributed by atoms with Gasteiger partial charge in [0.15, 0.2) is 0 Å². The second kappa shape index (κ2) is 9.96. The van der Waals surface area contributed by atoms with Gasteiger partial charge in [-0.15, -0.1) is 11.3 Å². The number of rotatable bonds is 3. The highest BCUT2D eigenvalue weighted by Crippen LogP contribution is 2.46. The molecule has 128 valence electrons. The number of hydrogen-bond donors (Lipinski definition) is 0. The minimum Gasteiger partial charge on any atom is -0.385 e. The molecule has 0 fully saturated rings. The number of carbonyl (C=O) groups excluding carboxylic acids is 1. The molecule has 1 atom stereocenters. The maximum Gasteiger partial charge on any atom is 0.141 e. The van der Waals surface area contributed by atoms with Crippen LogP contribution in [0, 0.1) is 6.92 Å². The summed E-state index contributed by atoms with van der Waals surface area (Å²) in [5.41, 5.74) is 1.22. The topological polar surface area (TPSA) is 52.1 Å². The highest BCUT2D eigenvalue weighted by atomic mass is 35.5. The number of thiophene rings is 1. The minimum absolute atomic E-state index is 0.306. The number of ether oxygens (including phenoxy) is 1. The van der Waals surface area contributed by atoms with E-state index in [9.17, 15) is 4.79 Å². The summed E-state index contributed by atoms with van der Waals surface area (Å²) in [6, 6.07) is 0. The molecular formula is C17H25ClN2O2S. The summed E-state index contributed by atoms with van der Waals surface area (Å²) in [5, 5.41) is 1.50. The van der Waals surface area contributed by atoms with Gasteiger partial charge in [-0.2, -0.15) is 0 Å². The van der Waals surface area contributed by atoms with Crippen molar-refractivity contribution in [3.63, 3.8) is 0 Å². The Morgan fingerprint density at radius 3 is 2.61 bits per heavy atom. The van der Waals surface area contributed by atoms with Gasteiger partial charge < -0.3 is 9.53 Å². The van der Waals surface area contributed by atoms with Crippen molar-refractivity contribution in [3.05, 3.63) is 21.4 Å². The van der Waals surface area contributed by atoms with Gasteiger partial charge in [0, 0.05) is 25.0 Å². The van der Waals surface area contributed by atoms with Crippen molar-refractivity contribution in [2.45, 2.75) is 52.9 Å². The van der Waals surface area contributed by atoms with E-state index in [1.54, 1.807) is 18.4 Å². The molecule has 0 saturated carbocycles. The lowest BCUT2D eigenvalue weighted by molar-refractivity contribution is -0.108. The van der Waals surface area contributed by atoms with E-state index in [4.69, 9.17) is 11.6 Å². The molecule has 0 radical (unpaired) electrons. The van der Waals surface area contributed by atoms with Crippen molar-refractivity contribution in [2.24, 2.45) is 0 Å². The average molecular weight is 357 g/mol. The summed E-state index contributed by atoms with van der Waals surface area (Å²) in [7, 11) is 1.68. The lowest BCUT2D eigenvalue weighted by atomic mass is 9.98. The highest BCUT2D eigenvalue weighted by Gasteiger charge is 2.29. The number of aldehydes is 1. The van der Waals surface area contributed by atoms with Crippen LogP contribution in [0.1, 0.15) is 55.8 Å². The summed E-state index contributed by atoms with van der Waals surface area (Å²) in [4.78, 5) is 21.6. The maximum absolute atomic E-state index is 10.7. The molecule has 0 N–H and O–H groups in total. The molecule has 1 unspecified atom stereocenters. The Morgan fingerprint density at radius 1 is 1.39 bits per heavy atom. The SMILES string of the molecule is CC.CCOC.Cc1nc(Cl)c2c3c(sc2n1)CCC3CC=O. The summed E-state index contributed by atoms with van der Waals surface area (Å²) in [5.74, 6) is 1.01. The third kappa shape index (κ3) is 4.72. The Kier molecular flexibility index (Phi) is 8.66. The lowest BCUT2D eigenvalue weighted by Crippen LogP contribution is -1.96. The van der Waals surface area contributed by atoms with Crippen LogP contribution < -0.4 is 0 Å². The normalized spacial score (nSPS) is 15.3. The number of aryl methyl sites for hydroxylation is 2. The monoisotopic (exact) mass is 356 g/mol. The predicted octanol–water partition coefficient (Wildman–Crippen LogP) is 4.95. The van der Waals surface area contributed by atoms with Gasteiger partial charge in [-0.1, -0.05) is 25.4 Å². The summed E-state index contributed by atoms with van der Waals surface area (Å²) >= 11 is 7.91. The number of fused-ring (bicyclic) bond motifs is 3. The van der Waals surface area contributed by atoms with Crippen molar-refractivity contribution in [2.75, 3.05) is 13.7 Å². The fourth-order valence-electron chi connectivity index (χ4n) is 2.54. The third-order valence-corrected chi connectivity index (χ3v) is 4.96. The second-order valence-electron chi connectivity index (χ2n) is 4.90. The second-order valence-corrected chi connectivity index (χ2v) is 6.34. The van der Waals surface area contributed by atoms with Crippen LogP contribution in [-0.4, -0.2) is 30.0 Å². The molecule has 6 heteroatoms. The smallest absolute Gasteiger partial charge is 0.141 e. The summed E-state index contributed by atoms with van der Waals surface area (Å²) in [6.45, 7) is 8.62. The molecule has 2 aromatic rings. The van der Waals surface area contributed by atoms with Gasteiger partial charge in [-0.3, -0.25) is 0 Å². The zero-order valence-electron chi connectivity index (χ0n) is 14.5. The summed E-state index contributed by atoms with van der Waals surface area (Å²) < 4.78 is 4.54.